The monoisotopic (exact) mass is 560 g/mol. The summed E-state index contributed by atoms with van der Waals surface area (Å²) in [5.74, 6) is 0.347. The van der Waals surface area contributed by atoms with E-state index >= 15 is 0 Å². The normalized spacial score (nSPS) is 12.2. The summed E-state index contributed by atoms with van der Waals surface area (Å²) in [5.41, 5.74) is 5.91. The minimum absolute atomic E-state index is 0.0418. The Morgan fingerprint density at radius 1 is 1.10 bits per heavy atom. The van der Waals surface area contributed by atoms with E-state index in [9.17, 15) is 9.18 Å². The van der Waals surface area contributed by atoms with Crippen LogP contribution in [0.2, 0.25) is 5.02 Å². The van der Waals surface area contributed by atoms with E-state index in [2.05, 4.69) is 35.5 Å². The summed E-state index contributed by atoms with van der Waals surface area (Å²) in [6.45, 7) is 3.79. The van der Waals surface area contributed by atoms with Crippen molar-refractivity contribution in [2.75, 3.05) is 33.8 Å². The molecular weight excluding hydrogens is 527 g/mol. The predicted molar refractivity (Wildman–Crippen MR) is 161 cm³/mol. The van der Waals surface area contributed by atoms with Gasteiger partial charge in [-0.25, -0.2) is 4.39 Å². The van der Waals surface area contributed by atoms with E-state index in [1.54, 1.807) is 32.3 Å². The number of aromatic nitrogens is 2. The van der Waals surface area contributed by atoms with Crippen LogP contribution in [0.5, 0.6) is 5.75 Å². The quantitative estimate of drug-likeness (QED) is 0.132. The van der Waals surface area contributed by atoms with Crippen molar-refractivity contribution in [3.63, 3.8) is 0 Å². The minimum atomic E-state index is -0.364. The van der Waals surface area contributed by atoms with Gasteiger partial charge in [0.05, 0.1) is 16.7 Å². The van der Waals surface area contributed by atoms with E-state index in [0.29, 0.717) is 31.1 Å². The van der Waals surface area contributed by atoms with Crippen molar-refractivity contribution >= 4 is 39.6 Å². The van der Waals surface area contributed by atoms with Gasteiger partial charge in [0.1, 0.15) is 18.2 Å². The van der Waals surface area contributed by atoms with Crippen molar-refractivity contribution in [3.8, 4) is 5.75 Å². The van der Waals surface area contributed by atoms with E-state index < -0.39 is 0 Å². The number of benzene rings is 3. The van der Waals surface area contributed by atoms with E-state index in [1.807, 2.05) is 42.2 Å². The molecule has 1 amide bonds. The molecule has 0 bridgehead atoms. The molecule has 0 aliphatic rings. The summed E-state index contributed by atoms with van der Waals surface area (Å²) in [7, 11) is 5.36. The molecule has 1 heterocycles. The predicted octanol–water partition coefficient (Wildman–Crippen LogP) is 6.35. The van der Waals surface area contributed by atoms with Crippen molar-refractivity contribution in [3.05, 3.63) is 107 Å². The Hall–Kier alpha value is -3.94. The summed E-state index contributed by atoms with van der Waals surface area (Å²) in [4.78, 5) is 13.1. The summed E-state index contributed by atoms with van der Waals surface area (Å²) >= 11 is 6.54. The average molecular weight is 561 g/mol. The molecule has 0 aliphatic carbocycles. The lowest BCUT2D eigenvalue weighted by Gasteiger charge is -2.18. The SMILES string of the molecule is CCC(=C(c1ccc(OCCNCC=CC(=O)N(C)C)cc1)c1ccc2c(cnn2C)c1)c1ccc(F)cc1Cl. The standard InChI is InChI=1S/C32H34ClFN4O2/c1-5-27(28-14-11-25(34)20-29(28)33)32(23-10-15-30-24(19-23)21-36-38(30)4)22-8-12-26(13-9-22)40-18-17-35-16-6-7-31(39)37(2)3/h6-15,19-21,35H,5,16-18H2,1-4H3. The van der Waals surface area contributed by atoms with Gasteiger partial charge >= 0.3 is 0 Å². The zero-order chi connectivity index (χ0) is 28.6. The molecule has 0 aliphatic heterocycles. The van der Waals surface area contributed by atoms with Crippen LogP contribution in [-0.2, 0) is 11.8 Å². The molecule has 0 radical (unpaired) electrons. The van der Waals surface area contributed by atoms with Crippen LogP contribution in [0, 0.1) is 5.82 Å². The highest BCUT2D eigenvalue weighted by Gasteiger charge is 2.17. The topological polar surface area (TPSA) is 59.4 Å². The van der Waals surface area contributed by atoms with Crippen molar-refractivity contribution in [1.29, 1.82) is 0 Å². The maximum atomic E-state index is 13.9. The lowest BCUT2D eigenvalue weighted by atomic mass is 9.87. The number of amides is 1. The molecule has 8 heteroatoms. The second-order valence-electron chi connectivity index (χ2n) is 9.59. The Morgan fingerprint density at radius 3 is 2.55 bits per heavy atom. The number of carbonyl (C=O) groups is 1. The van der Waals surface area contributed by atoms with Gasteiger partial charge in [-0.3, -0.25) is 9.48 Å². The third-order valence-electron chi connectivity index (χ3n) is 6.60. The van der Waals surface area contributed by atoms with Crippen LogP contribution in [0.15, 0.2) is 79.0 Å². The number of hydrogen-bond donors (Lipinski definition) is 1. The summed E-state index contributed by atoms with van der Waals surface area (Å²) in [5, 5.41) is 9.03. The van der Waals surface area contributed by atoms with Crippen LogP contribution < -0.4 is 10.1 Å². The smallest absolute Gasteiger partial charge is 0.245 e. The Bertz CT molecular complexity index is 1540. The first-order valence-corrected chi connectivity index (χ1v) is 13.6. The number of carbonyl (C=O) groups excluding carboxylic acids is 1. The van der Waals surface area contributed by atoms with Gasteiger partial charge in [-0.15, -0.1) is 0 Å². The van der Waals surface area contributed by atoms with E-state index in [-0.39, 0.29) is 11.7 Å². The highest BCUT2D eigenvalue weighted by atomic mass is 35.5. The van der Waals surface area contributed by atoms with E-state index in [0.717, 1.165) is 44.5 Å². The van der Waals surface area contributed by atoms with E-state index in [4.69, 9.17) is 16.3 Å². The fourth-order valence-corrected chi connectivity index (χ4v) is 4.80. The Balaban J connectivity index is 1.58. The zero-order valence-electron chi connectivity index (χ0n) is 23.2. The number of fused-ring (bicyclic) bond motifs is 1. The number of hydrogen-bond acceptors (Lipinski definition) is 4. The lowest BCUT2D eigenvalue weighted by Crippen LogP contribution is -2.22. The molecular formula is C32H34ClFN4O2. The molecule has 6 nitrogen and oxygen atoms in total. The summed E-state index contributed by atoms with van der Waals surface area (Å²) in [6.07, 6.45) is 5.90. The first kappa shape index (κ1) is 29.1. The molecule has 3 aromatic carbocycles. The van der Waals surface area contributed by atoms with Gasteiger partial charge < -0.3 is 15.0 Å². The Labute approximate surface area is 239 Å². The minimum Gasteiger partial charge on any atom is -0.492 e. The van der Waals surface area contributed by atoms with E-state index in [1.165, 1.54) is 17.0 Å². The number of aryl methyl sites for hydroxylation is 1. The first-order chi connectivity index (χ1) is 19.3. The molecule has 0 atom stereocenters. The van der Waals surface area contributed by atoms with Gasteiger partial charge in [0.15, 0.2) is 0 Å². The fraction of sp³-hybridized carbons (Fsp3) is 0.250. The van der Waals surface area contributed by atoms with Crippen molar-refractivity contribution in [2.24, 2.45) is 7.05 Å². The molecule has 208 valence electrons. The summed E-state index contributed by atoms with van der Waals surface area (Å²) < 4.78 is 21.7. The highest BCUT2D eigenvalue weighted by Crippen LogP contribution is 2.38. The molecule has 40 heavy (non-hydrogen) atoms. The zero-order valence-corrected chi connectivity index (χ0v) is 24.0. The van der Waals surface area contributed by atoms with Gasteiger partial charge in [-0.1, -0.05) is 48.9 Å². The highest BCUT2D eigenvalue weighted by molar-refractivity contribution is 6.32. The van der Waals surface area contributed by atoms with Gasteiger partial charge in [-0.05, 0) is 70.7 Å². The fourth-order valence-electron chi connectivity index (χ4n) is 4.52. The number of rotatable bonds is 11. The van der Waals surface area contributed by atoms with Crippen LogP contribution in [0.1, 0.15) is 30.0 Å². The molecule has 4 aromatic rings. The largest absolute Gasteiger partial charge is 0.492 e. The molecule has 0 unspecified atom stereocenters. The molecule has 1 N–H and O–H groups in total. The third kappa shape index (κ3) is 6.97. The van der Waals surface area contributed by atoms with Crippen LogP contribution in [-0.4, -0.2) is 54.4 Å². The second-order valence-corrected chi connectivity index (χ2v) is 9.99. The average Bonchev–Trinajstić information content (AvgIpc) is 3.31. The van der Waals surface area contributed by atoms with Crippen LogP contribution in [0.3, 0.4) is 0 Å². The first-order valence-electron chi connectivity index (χ1n) is 13.2. The third-order valence-corrected chi connectivity index (χ3v) is 6.91. The molecule has 4 rings (SSSR count). The van der Waals surface area contributed by atoms with Gasteiger partial charge in [0.25, 0.3) is 0 Å². The van der Waals surface area contributed by atoms with Crippen molar-refractivity contribution in [1.82, 2.24) is 20.0 Å². The van der Waals surface area contributed by atoms with Crippen LogP contribution in [0.4, 0.5) is 4.39 Å². The molecule has 0 saturated carbocycles. The second kappa shape index (κ2) is 13.4. The number of allylic oxidation sites excluding steroid dienone is 1. The number of ether oxygens (including phenoxy) is 1. The Kier molecular flexibility index (Phi) is 9.74. The maximum Gasteiger partial charge on any atom is 0.245 e. The molecule has 1 aromatic heterocycles. The Morgan fingerprint density at radius 2 is 1.85 bits per heavy atom. The van der Waals surface area contributed by atoms with Crippen LogP contribution >= 0.6 is 11.6 Å². The molecule has 0 spiro atoms. The van der Waals surface area contributed by atoms with Gasteiger partial charge in [-0.2, -0.15) is 5.10 Å². The summed E-state index contributed by atoms with van der Waals surface area (Å²) in [6, 6.07) is 18.8. The van der Waals surface area contributed by atoms with Crippen LogP contribution in [0.25, 0.3) is 22.0 Å². The number of nitrogens with zero attached hydrogens (tertiary/aromatic N) is 3. The van der Waals surface area contributed by atoms with Gasteiger partial charge in [0.2, 0.25) is 5.91 Å². The number of likely N-dealkylation sites (N-methyl/N-ethyl adjacent to an activating group) is 1. The van der Waals surface area contributed by atoms with Crippen molar-refractivity contribution in [2.45, 2.75) is 13.3 Å². The van der Waals surface area contributed by atoms with Crippen molar-refractivity contribution < 1.29 is 13.9 Å². The molecule has 0 saturated heterocycles. The number of nitrogens with one attached hydrogen (secondary N) is 1. The lowest BCUT2D eigenvalue weighted by molar-refractivity contribution is -0.123. The molecule has 0 fully saturated rings. The maximum absolute atomic E-state index is 13.9. The number of halogens is 2. The van der Waals surface area contributed by atoms with Gasteiger partial charge in [0, 0.05) is 45.7 Å².